The molecular weight excluding hydrogens is 250 g/mol. The highest BCUT2D eigenvalue weighted by Gasteiger charge is 2.28. The van der Waals surface area contributed by atoms with Crippen LogP contribution in [0, 0.1) is 5.92 Å². The first-order valence-corrected chi connectivity index (χ1v) is 8.43. The molecule has 1 atom stereocenters. The van der Waals surface area contributed by atoms with Crippen molar-refractivity contribution in [1.29, 1.82) is 0 Å². The van der Waals surface area contributed by atoms with Crippen molar-refractivity contribution in [2.24, 2.45) is 5.92 Å². The first-order chi connectivity index (χ1) is 9.86. The predicted octanol–water partition coefficient (Wildman–Crippen LogP) is 3.96. The third kappa shape index (κ3) is 3.22. The second-order valence-electron chi connectivity index (χ2n) is 6.50. The molecule has 1 N–H and O–H groups in total. The Morgan fingerprint density at radius 2 is 2.05 bits per heavy atom. The summed E-state index contributed by atoms with van der Waals surface area (Å²) in [5.41, 5.74) is 0. The number of nitrogens with zero attached hydrogens (tertiary/aromatic N) is 2. The summed E-state index contributed by atoms with van der Waals surface area (Å²) in [5.74, 6) is 3.22. The van der Waals surface area contributed by atoms with Crippen molar-refractivity contribution in [2.75, 3.05) is 6.54 Å². The van der Waals surface area contributed by atoms with Crippen molar-refractivity contribution >= 4 is 0 Å². The summed E-state index contributed by atoms with van der Waals surface area (Å²) in [4.78, 5) is 4.66. The van der Waals surface area contributed by atoms with Crippen LogP contribution in [0.1, 0.15) is 88.4 Å². The Morgan fingerprint density at radius 3 is 2.75 bits per heavy atom. The molecule has 0 spiro atoms. The van der Waals surface area contributed by atoms with Gasteiger partial charge in [-0.25, -0.2) is 0 Å². The molecule has 4 nitrogen and oxygen atoms in total. The molecule has 1 aliphatic heterocycles. The van der Waals surface area contributed by atoms with Gasteiger partial charge in [-0.15, -0.1) is 0 Å². The minimum Gasteiger partial charge on any atom is -0.339 e. The maximum absolute atomic E-state index is 5.53. The highest BCUT2D eigenvalue weighted by Crippen LogP contribution is 2.37. The van der Waals surface area contributed by atoms with Gasteiger partial charge in [0, 0.05) is 5.92 Å². The Bertz CT molecular complexity index is 404. The summed E-state index contributed by atoms with van der Waals surface area (Å²) in [5, 5.41) is 7.63. The second-order valence-corrected chi connectivity index (χ2v) is 6.50. The number of nitrogens with one attached hydrogen (secondary N) is 1. The molecule has 20 heavy (non-hydrogen) atoms. The highest BCUT2D eigenvalue weighted by molar-refractivity contribution is 5.01. The van der Waals surface area contributed by atoms with E-state index in [9.17, 15) is 0 Å². The minimum atomic E-state index is 0.327. The van der Waals surface area contributed by atoms with Crippen molar-refractivity contribution in [3.8, 4) is 0 Å². The van der Waals surface area contributed by atoms with Gasteiger partial charge in [0.1, 0.15) is 0 Å². The molecule has 0 aromatic carbocycles. The molecule has 1 saturated carbocycles. The Balaban J connectivity index is 1.52. The van der Waals surface area contributed by atoms with E-state index < -0.39 is 0 Å². The molecule has 2 aliphatic rings. The molecule has 4 heteroatoms. The zero-order valence-corrected chi connectivity index (χ0v) is 12.6. The Kier molecular flexibility index (Phi) is 4.71. The molecule has 1 aromatic rings. The van der Waals surface area contributed by atoms with E-state index in [1.165, 1.54) is 51.4 Å². The fourth-order valence-corrected chi connectivity index (χ4v) is 3.65. The Hall–Kier alpha value is -0.900. The summed E-state index contributed by atoms with van der Waals surface area (Å²) in [6.45, 7) is 3.36. The van der Waals surface area contributed by atoms with Crippen LogP contribution in [0.25, 0.3) is 0 Å². The molecule has 2 fully saturated rings. The van der Waals surface area contributed by atoms with Crippen LogP contribution < -0.4 is 5.32 Å². The predicted molar refractivity (Wildman–Crippen MR) is 78.5 cm³/mol. The van der Waals surface area contributed by atoms with Crippen molar-refractivity contribution in [1.82, 2.24) is 15.5 Å². The van der Waals surface area contributed by atoms with Crippen LogP contribution in [0.4, 0.5) is 0 Å². The van der Waals surface area contributed by atoms with E-state index in [0.29, 0.717) is 12.0 Å². The van der Waals surface area contributed by atoms with E-state index in [1.54, 1.807) is 0 Å². The maximum Gasteiger partial charge on any atom is 0.229 e. The number of aromatic nitrogens is 2. The van der Waals surface area contributed by atoms with Crippen LogP contribution >= 0.6 is 0 Å². The molecule has 3 rings (SSSR count). The van der Waals surface area contributed by atoms with Crippen LogP contribution in [-0.4, -0.2) is 16.7 Å². The van der Waals surface area contributed by atoms with E-state index in [4.69, 9.17) is 4.52 Å². The standard InChI is InChI=1S/C16H27N3O/c1-2-3-5-12-7-9-13(10-8-12)16-18-15(19-20-16)14-6-4-11-17-14/h12-14,17H,2-11H2,1H3. The fraction of sp³-hybridized carbons (Fsp3) is 0.875. The van der Waals surface area contributed by atoms with E-state index in [-0.39, 0.29) is 0 Å². The molecule has 1 aromatic heterocycles. The fourth-order valence-electron chi connectivity index (χ4n) is 3.65. The highest BCUT2D eigenvalue weighted by atomic mass is 16.5. The van der Waals surface area contributed by atoms with Crippen LogP contribution in [0.3, 0.4) is 0 Å². The summed E-state index contributed by atoms with van der Waals surface area (Å²) < 4.78 is 5.53. The average Bonchev–Trinajstić information content (AvgIpc) is 3.16. The van der Waals surface area contributed by atoms with Crippen molar-refractivity contribution in [2.45, 2.75) is 76.7 Å². The van der Waals surface area contributed by atoms with E-state index >= 15 is 0 Å². The van der Waals surface area contributed by atoms with Crippen LogP contribution in [0.2, 0.25) is 0 Å². The zero-order chi connectivity index (χ0) is 13.8. The lowest BCUT2D eigenvalue weighted by Gasteiger charge is -2.26. The summed E-state index contributed by atoms with van der Waals surface area (Å²) >= 11 is 0. The van der Waals surface area contributed by atoms with Gasteiger partial charge >= 0.3 is 0 Å². The molecule has 0 radical (unpaired) electrons. The first kappa shape index (κ1) is 14.1. The smallest absolute Gasteiger partial charge is 0.229 e. The van der Waals surface area contributed by atoms with Gasteiger partial charge in [-0.3, -0.25) is 0 Å². The van der Waals surface area contributed by atoms with Gasteiger partial charge in [-0.05, 0) is 51.0 Å². The van der Waals surface area contributed by atoms with Crippen molar-refractivity contribution < 1.29 is 4.52 Å². The molecule has 0 amide bonds. The summed E-state index contributed by atoms with van der Waals surface area (Å²) in [7, 11) is 0. The second kappa shape index (κ2) is 6.70. The number of rotatable bonds is 5. The molecule has 1 unspecified atom stereocenters. The quantitative estimate of drug-likeness (QED) is 0.885. The molecule has 2 heterocycles. The zero-order valence-electron chi connectivity index (χ0n) is 12.6. The monoisotopic (exact) mass is 277 g/mol. The lowest BCUT2D eigenvalue weighted by Crippen LogP contribution is -2.15. The van der Waals surface area contributed by atoms with Gasteiger partial charge in [0.2, 0.25) is 5.89 Å². The van der Waals surface area contributed by atoms with Gasteiger partial charge in [0.15, 0.2) is 5.82 Å². The summed E-state index contributed by atoms with van der Waals surface area (Å²) in [6.07, 6.45) is 11.6. The van der Waals surface area contributed by atoms with Gasteiger partial charge in [-0.1, -0.05) is 31.3 Å². The van der Waals surface area contributed by atoms with Crippen LogP contribution in [-0.2, 0) is 0 Å². The summed E-state index contributed by atoms with van der Waals surface area (Å²) in [6, 6.07) is 0.327. The van der Waals surface area contributed by atoms with Gasteiger partial charge in [0.25, 0.3) is 0 Å². The van der Waals surface area contributed by atoms with Crippen LogP contribution in [0.5, 0.6) is 0 Å². The normalized spacial score (nSPS) is 30.8. The first-order valence-electron chi connectivity index (χ1n) is 8.43. The largest absolute Gasteiger partial charge is 0.339 e. The Morgan fingerprint density at radius 1 is 1.20 bits per heavy atom. The Labute approximate surface area is 121 Å². The molecular formula is C16H27N3O. The molecule has 1 aliphatic carbocycles. The molecule has 1 saturated heterocycles. The average molecular weight is 277 g/mol. The molecule has 112 valence electrons. The van der Waals surface area contributed by atoms with E-state index in [2.05, 4.69) is 22.4 Å². The van der Waals surface area contributed by atoms with E-state index in [1.807, 2.05) is 0 Å². The third-order valence-electron chi connectivity index (χ3n) is 4.99. The van der Waals surface area contributed by atoms with Crippen molar-refractivity contribution in [3.05, 3.63) is 11.7 Å². The third-order valence-corrected chi connectivity index (χ3v) is 4.99. The number of hydrogen-bond donors (Lipinski definition) is 1. The maximum atomic E-state index is 5.53. The topological polar surface area (TPSA) is 51.0 Å². The van der Waals surface area contributed by atoms with Gasteiger partial charge in [0.05, 0.1) is 6.04 Å². The van der Waals surface area contributed by atoms with Crippen molar-refractivity contribution in [3.63, 3.8) is 0 Å². The lowest BCUT2D eigenvalue weighted by molar-refractivity contribution is 0.259. The SMILES string of the molecule is CCCCC1CCC(c2nc(C3CCCN3)no2)CC1. The van der Waals surface area contributed by atoms with E-state index in [0.717, 1.165) is 30.6 Å². The van der Waals surface area contributed by atoms with Gasteiger partial charge < -0.3 is 9.84 Å². The molecule has 0 bridgehead atoms. The number of unbranched alkanes of at least 4 members (excludes halogenated alkanes) is 1. The minimum absolute atomic E-state index is 0.327. The number of hydrogen-bond acceptors (Lipinski definition) is 4. The van der Waals surface area contributed by atoms with Gasteiger partial charge in [-0.2, -0.15) is 4.98 Å². The van der Waals surface area contributed by atoms with Crippen LogP contribution in [0.15, 0.2) is 4.52 Å². The lowest BCUT2D eigenvalue weighted by atomic mass is 9.80.